The predicted octanol–water partition coefficient (Wildman–Crippen LogP) is 2.83. The molecule has 0 aromatic heterocycles. The van der Waals surface area contributed by atoms with Gasteiger partial charge in [0.15, 0.2) is 0 Å². The van der Waals surface area contributed by atoms with E-state index in [9.17, 15) is 13.6 Å². The predicted molar refractivity (Wildman–Crippen MR) is 58.4 cm³/mol. The highest BCUT2D eigenvalue weighted by Crippen LogP contribution is 2.21. The summed E-state index contributed by atoms with van der Waals surface area (Å²) in [4.78, 5) is 11.1. The van der Waals surface area contributed by atoms with Crippen LogP contribution >= 0.6 is 0 Å². The number of amides is 1. The molecule has 0 heterocycles. The Kier molecular flexibility index (Phi) is 4.40. The van der Waals surface area contributed by atoms with Gasteiger partial charge < -0.3 is 5.32 Å². The van der Waals surface area contributed by atoms with Gasteiger partial charge in [-0.3, -0.25) is 4.79 Å². The van der Waals surface area contributed by atoms with Crippen molar-refractivity contribution in [1.82, 2.24) is 5.32 Å². The third kappa shape index (κ3) is 3.29. The van der Waals surface area contributed by atoms with Gasteiger partial charge in [0.25, 0.3) is 6.43 Å². The van der Waals surface area contributed by atoms with Gasteiger partial charge in [-0.15, -0.1) is 0 Å². The number of hydrogen-bond acceptors (Lipinski definition) is 1. The molecule has 0 fully saturated rings. The van der Waals surface area contributed by atoms with E-state index in [1.807, 2.05) is 6.92 Å². The Labute approximate surface area is 93.7 Å². The minimum absolute atomic E-state index is 0.203. The van der Waals surface area contributed by atoms with E-state index >= 15 is 0 Å². The smallest absolute Gasteiger partial charge is 0.262 e. The molecule has 0 aliphatic heterocycles. The summed E-state index contributed by atoms with van der Waals surface area (Å²) in [7, 11) is 0. The van der Waals surface area contributed by atoms with Crippen molar-refractivity contribution in [1.29, 1.82) is 0 Å². The van der Waals surface area contributed by atoms with Crippen molar-refractivity contribution in [3.63, 3.8) is 0 Å². The lowest BCUT2D eigenvalue weighted by atomic mass is 10.1. The van der Waals surface area contributed by atoms with E-state index in [0.29, 0.717) is 5.56 Å². The molecule has 0 spiro atoms. The number of rotatable bonds is 4. The van der Waals surface area contributed by atoms with Crippen molar-refractivity contribution >= 4 is 5.91 Å². The van der Waals surface area contributed by atoms with Crippen LogP contribution in [-0.4, -0.2) is 12.3 Å². The summed E-state index contributed by atoms with van der Waals surface area (Å²) in [5.41, 5.74) is 1.43. The van der Waals surface area contributed by atoms with Crippen LogP contribution in [0.5, 0.6) is 0 Å². The number of halogens is 2. The zero-order chi connectivity index (χ0) is 12.1. The number of carbonyl (C=O) groups is 1. The molecule has 1 unspecified atom stereocenters. The minimum Gasteiger partial charge on any atom is -0.344 e. The van der Waals surface area contributed by atoms with Crippen LogP contribution in [0.4, 0.5) is 8.78 Å². The van der Waals surface area contributed by atoms with Gasteiger partial charge >= 0.3 is 0 Å². The van der Waals surface area contributed by atoms with Gasteiger partial charge in [0.05, 0.1) is 0 Å². The lowest BCUT2D eigenvalue weighted by Crippen LogP contribution is -2.32. The second-order valence-corrected chi connectivity index (χ2v) is 3.64. The summed E-state index contributed by atoms with van der Waals surface area (Å²) in [5, 5.41) is 2.31. The third-order valence-electron chi connectivity index (χ3n) is 2.33. The number of hydrogen-bond donors (Lipinski definition) is 1. The molecular formula is C12H15F2NO. The Balaban J connectivity index is 2.85. The lowest BCUT2D eigenvalue weighted by Gasteiger charge is -2.18. The number of nitrogens with one attached hydrogen (secondary N) is 1. The summed E-state index contributed by atoms with van der Waals surface area (Å²) in [6.45, 7) is 3.51. The molecule has 0 radical (unpaired) electrons. The van der Waals surface area contributed by atoms with Gasteiger partial charge in [0.1, 0.15) is 6.04 Å². The van der Waals surface area contributed by atoms with Gasteiger partial charge in [-0.1, -0.05) is 36.8 Å². The Morgan fingerprint density at radius 3 is 2.31 bits per heavy atom. The molecule has 1 amide bonds. The van der Waals surface area contributed by atoms with Crippen LogP contribution in [0.1, 0.15) is 30.5 Å². The Hall–Kier alpha value is -1.45. The maximum absolute atomic E-state index is 12.8. The van der Waals surface area contributed by atoms with Crippen LogP contribution in [0, 0.1) is 6.92 Å². The van der Waals surface area contributed by atoms with E-state index in [2.05, 4.69) is 5.32 Å². The van der Waals surface area contributed by atoms with Crippen LogP contribution in [-0.2, 0) is 4.79 Å². The Bertz CT molecular complexity index is 349. The molecule has 1 N–H and O–H groups in total. The molecule has 1 aromatic carbocycles. The van der Waals surface area contributed by atoms with E-state index < -0.39 is 12.5 Å². The fraction of sp³-hybridized carbons (Fsp3) is 0.417. The fourth-order valence-corrected chi connectivity index (χ4v) is 1.34. The molecule has 0 aliphatic rings. The summed E-state index contributed by atoms with van der Waals surface area (Å²) in [6.07, 6.45) is -2.40. The highest BCUT2D eigenvalue weighted by Gasteiger charge is 2.23. The van der Waals surface area contributed by atoms with Crippen molar-refractivity contribution in [3.05, 3.63) is 35.4 Å². The first-order valence-corrected chi connectivity index (χ1v) is 5.18. The number of carbonyl (C=O) groups excluding carboxylic acids is 1. The first-order valence-electron chi connectivity index (χ1n) is 5.18. The zero-order valence-corrected chi connectivity index (χ0v) is 9.34. The molecule has 0 saturated carbocycles. The molecule has 16 heavy (non-hydrogen) atoms. The van der Waals surface area contributed by atoms with Gasteiger partial charge in [0.2, 0.25) is 5.91 Å². The largest absolute Gasteiger partial charge is 0.344 e. The Morgan fingerprint density at radius 2 is 1.88 bits per heavy atom. The van der Waals surface area contributed by atoms with Crippen LogP contribution < -0.4 is 5.32 Å². The van der Waals surface area contributed by atoms with E-state index in [0.717, 1.165) is 5.56 Å². The van der Waals surface area contributed by atoms with Crippen molar-refractivity contribution in [2.45, 2.75) is 32.7 Å². The molecule has 1 atom stereocenters. The Morgan fingerprint density at radius 1 is 1.31 bits per heavy atom. The molecule has 1 aromatic rings. The molecule has 0 saturated heterocycles. The van der Waals surface area contributed by atoms with Crippen molar-refractivity contribution in [2.75, 3.05) is 0 Å². The van der Waals surface area contributed by atoms with E-state index in [-0.39, 0.29) is 12.3 Å². The minimum atomic E-state index is -2.60. The summed E-state index contributed by atoms with van der Waals surface area (Å²) in [6, 6.07) is 5.52. The first-order chi connectivity index (χ1) is 7.54. The monoisotopic (exact) mass is 227 g/mol. The number of aryl methyl sites for hydroxylation is 1. The molecular weight excluding hydrogens is 212 g/mol. The molecule has 1 rings (SSSR count). The standard InChI is InChI=1S/C12H15F2NO/c1-3-10(16)15-11(12(13)14)9-6-4-8(2)5-7-9/h4-7,11-12H,3H2,1-2H3,(H,15,16). The quantitative estimate of drug-likeness (QED) is 0.842. The number of benzene rings is 1. The molecule has 0 bridgehead atoms. The maximum atomic E-state index is 12.8. The SMILES string of the molecule is CCC(=O)NC(c1ccc(C)cc1)C(F)F. The van der Waals surface area contributed by atoms with Gasteiger partial charge in [-0.05, 0) is 12.5 Å². The highest BCUT2D eigenvalue weighted by atomic mass is 19.3. The topological polar surface area (TPSA) is 29.1 Å². The summed E-state index contributed by atoms with van der Waals surface area (Å²) < 4.78 is 25.5. The highest BCUT2D eigenvalue weighted by molar-refractivity contribution is 5.76. The molecule has 2 nitrogen and oxygen atoms in total. The zero-order valence-electron chi connectivity index (χ0n) is 9.34. The average molecular weight is 227 g/mol. The van der Waals surface area contributed by atoms with Crippen molar-refractivity contribution in [2.24, 2.45) is 0 Å². The summed E-state index contributed by atoms with van der Waals surface area (Å²) >= 11 is 0. The molecule has 88 valence electrons. The van der Waals surface area contributed by atoms with Crippen molar-refractivity contribution in [3.8, 4) is 0 Å². The van der Waals surface area contributed by atoms with Crippen LogP contribution in [0.3, 0.4) is 0 Å². The van der Waals surface area contributed by atoms with E-state index in [4.69, 9.17) is 0 Å². The third-order valence-corrected chi connectivity index (χ3v) is 2.33. The molecule has 0 aliphatic carbocycles. The normalized spacial score (nSPS) is 12.6. The van der Waals surface area contributed by atoms with Crippen LogP contribution in [0.15, 0.2) is 24.3 Å². The van der Waals surface area contributed by atoms with Gasteiger partial charge in [-0.25, -0.2) is 8.78 Å². The molecule has 4 heteroatoms. The number of alkyl halides is 2. The second kappa shape index (κ2) is 5.58. The van der Waals surface area contributed by atoms with Crippen LogP contribution in [0.25, 0.3) is 0 Å². The summed E-state index contributed by atoms with van der Waals surface area (Å²) in [5.74, 6) is -0.370. The van der Waals surface area contributed by atoms with Crippen LogP contribution in [0.2, 0.25) is 0 Å². The lowest BCUT2D eigenvalue weighted by molar-refractivity contribution is -0.122. The fourth-order valence-electron chi connectivity index (χ4n) is 1.34. The van der Waals surface area contributed by atoms with E-state index in [1.165, 1.54) is 0 Å². The second-order valence-electron chi connectivity index (χ2n) is 3.64. The average Bonchev–Trinajstić information content (AvgIpc) is 2.26. The van der Waals surface area contributed by atoms with Gasteiger partial charge in [0, 0.05) is 6.42 Å². The first kappa shape index (κ1) is 12.6. The van der Waals surface area contributed by atoms with E-state index in [1.54, 1.807) is 31.2 Å². The van der Waals surface area contributed by atoms with Gasteiger partial charge in [-0.2, -0.15) is 0 Å². The maximum Gasteiger partial charge on any atom is 0.262 e. The van der Waals surface area contributed by atoms with Crippen molar-refractivity contribution < 1.29 is 13.6 Å².